The molecule has 2 N–H and O–H groups in total. The quantitative estimate of drug-likeness (QED) is 0.208. The molecule has 0 spiro atoms. The van der Waals surface area contributed by atoms with Gasteiger partial charge in [0.1, 0.15) is 5.75 Å². The molecule has 0 aliphatic carbocycles. The van der Waals surface area contributed by atoms with Gasteiger partial charge in [0.15, 0.2) is 0 Å². The van der Waals surface area contributed by atoms with Crippen molar-refractivity contribution in [3.8, 4) is 5.75 Å². The number of carbonyl (C=O) groups is 3. The largest absolute Gasteiger partial charge is 0.423 e. The Kier molecular flexibility index (Phi) is 7.13. The average Bonchev–Trinajstić information content (AvgIpc) is 2.76. The summed E-state index contributed by atoms with van der Waals surface area (Å²) in [7, 11) is 0. The molecular weight excluding hydrogens is 418 g/mol. The highest BCUT2D eigenvalue weighted by molar-refractivity contribution is 6.39. The number of esters is 1. The molecule has 0 saturated carbocycles. The zero-order chi connectivity index (χ0) is 22.2. The molecule has 0 heterocycles. The molecule has 8 heteroatoms. The highest BCUT2D eigenvalue weighted by Crippen LogP contribution is 2.16. The lowest BCUT2D eigenvalue weighted by Gasteiger charge is -2.05. The molecule has 0 aliphatic heterocycles. The molecule has 0 fully saturated rings. The summed E-state index contributed by atoms with van der Waals surface area (Å²) in [5.74, 6) is -1.92. The van der Waals surface area contributed by atoms with Gasteiger partial charge in [-0.15, -0.1) is 0 Å². The van der Waals surface area contributed by atoms with E-state index in [-0.39, 0.29) is 0 Å². The van der Waals surface area contributed by atoms with Crippen molar-refractivity contribution in [2.45, 2.75) is 6.92 Å². The summed E-state index contributed by atoms with van der Waals surface area (Å²) in [6.07, 6.45) is 1.36. The van der Waals surface area contributed by atoms with E-state index in [1.54, 1.807) is 54.6 Å². The van der Waals surface area contributed by atoms with Crippen LogP contribution in [0, 0.1) is 6.92 Å². The zero-order valence-corrected chi connectivity index (χ0v) is 17.2. The highest BCUT2D eigenvalue weighted by Gasteiger charge is 2.12. The Labute approximate surface area is 183 Å². The van der Waals surface area contributed by atoms with E-state index in [9.17, 15) is 14.4 Å². The Morgan fingerprint density at radius 3 is 2.32 bits per heavy atom. The van der Waals surface area contributed by atoms with Crippen LogP contribution in [0.4, 0.5) is 5.69 Å². The van der Waals surface area contributed by atoms with Crippen LogP contribution in [0.25, 0.3) is 0 Å². The van der Waals surface area contributed by atoms with Crippen LogP contribution in [0.15, 0.2) is 77.9 Å². The van der Waals surface area contributed by atoms with Crippen molar-refractivity contribution in [2.24, 2.45) is 5.10 Å². The topological polar surface area (TPSA) is 96.9 Å². The molecule has 0 unspecified atom stereocenters. The molecule has 0 aliphatic rings. The van der Waals surface area contributed by atoms with E-state index in [1.807, 2.05) is 19.1 Å². The number of amides is 2. The van der Waals surface area contributed by atoms with Crippen LogP contribution in [0.2, 0.25) is 5.02 Å². The van der Waals surface area contributed by atoms with Crippen LogP contribution in [0.1, 0.15) is 21.5 Å². The average molecular weight is 436 g/mol. The SMILES string of the molecule is Cc1ccc(NC(=O)C(=O)N/N=C\c2ccc(OC(=O)c3cccc(Cl)c3)cc2)cc1. The lowest BCUT2D eigenvalue weighted by Crippen LogP contribution is -2.32. The van der Waals surface area contributed by atoms with Crippen LogP contribution >= 0.6 is 11.6 Å². The lowest BCUT2D eigenvalue weighted by molar-refractivity contribution is -0.136. The number of hydrogen-bond acceptors (Lipinski definition) is 5. The molecule has 2 amide bonds. The number of carbonyl (C=O) groups excluding carboxylic acids is 3. The lowest BCUT2D eigenvalue weighted by atomic mass is 10.2. The Morgan fingerprint density at radius 1 is 0.935 bits per heavy atom. The normalized spacial score (nSPS) is 10.5. The smallest absolute Gasteiger partial charge is 0.343 e. The molecular formula is C23H18ClN3O4. The second kappa shape index (κ2) is 10.2. The van der Waals surface area contributed by atoms with Crippen LogP contribution < -0.4 is 15.5 Å². The highest BCUT2D eigenvalue weighted by atomic mass is 35.5. The number of anilines is 1. The van der Waals surface area contributed by atoms with Crippen molar-refractivity contribution < 1.29 is 19.1 Å². The molecule has 3 rings (SSSR count). The predicted octanol–water partition coefficient (Wildman–Crippen LogP) is 3.96. The van der Waals surface area contributed by atoms with Gasteiger partial charge in [-0.05, 0) is 67.1 Å². The Balaban J connectivity index is 1.50. The maximum atomic E-state index is 12.1. The molecule has 0 saturated heterocycles. The van der Waals surface area contributed by atoms with Crippen molar-refractivity contribution in [1.82, 2.24) is 5.43 Å². The van der Waals surface area contributed by atoms with Crippen molar-refractivity contribution in [3.05, 3.63) is 94.5 Å². The number of ether oxygens (including phenoxy) is 1. The van der Waals surface area contributed by atoms with Crippen molar-refractivity contribution >= 4 is 41.3 Å². The standard InChI is InChI=1S/C23H18ClN3O4/c1-15-5-9-19(10-6-15)26-21(28)22(29)27-25-14-16-7-11-20(12-8-16)31-23(30)17-3-2-4-18(24)13-17/h2-14H,1H3,(H,26,28)(H,27,29)/b25-14-. The van der Waals surface area contributed by atoms with Crippen LogP contribution in [-0.2, 0) is 9.59 Å². The van der Waals surface area contributed by atoms with Gasteiger partial charge >= 0.3 is 17.8 Å². The first-order valence-corrected chi connectivity index (χ1v) is 9.57. The molecule has 0 atom stereocenters. The zero-order valence-electron chi connectivity index (χ0n) is 16.5. The van der Waals surface area contributed by atoms with E-state index >= 15 is 0 Å². The van der Waals surface area contributed by atoms with Crippen molar-refractivity contribution in [1.29, 1.82) is 0 Å². The maximum Gasteiger partial charge on any atom is 0.343 e. The number of nitrogens with zero attached hydrogens (tertiary/aromatic N) is 1. The number of halogens is 1. The summed E-state index contributed by atoms with van der Waals surface area (Å²) in [6.45, 7) is 1.92. The number of benzene rings is 3. The van der Waals surface area contributed by atoms with Gasteiger partial charge in [-0.25, -0.2) is 10.2 Å². The first-order valence-electron chi connectivity index (χ1n) is 9.19. The fraction of sp³-hybridized carbons (Fsp3) is 0.0435. The summed E-state index contributed by atoms with van der Waals surface area (Å²) < 4.78 is 5.28. The number of nitrogens with one attached hydrogen (secondary N) is 2. The van der Waals surface area contributed by atoms with E-state index in [1.165, 1.54) is 12.3 Å². The predicted molar refractivity (Wildman–Crippen MR) is 118 cm³/mol. The van der Waals surface area contributed by atoms with Gasteiger partial charge < -0.3 is 10.1 Å². The first-order chi connectivity index (χ1) is 14.9. The molecule has 3 aromatic rings. The molecule has 31 heavy (non-hydrogen) atoms. The van der Waals surface area contributed by atoms with Crippen LogP contribution in [0.3, 0.4) is 0 Å². The molecule has 0 radical (unpaired) electrons. The summed E-state index contributed by atoms with van der Waals surface area (Å²) in [6, 6.07) is 19.9. The minimum Gasteiger partial charge on any atom is -0.423 e. The van der Waals surface area contributed by atoms with Gasteiger partial charge in [0.25, 0.3) is 0 Å². The van der Waals surface area contributed by atoms with E-state index in [2.05, 4.69) is 15.8 Å². The van der Waals surface area contributed by atoms with Gasteiger partial charge in [0.2, 0.25) is 0 Å². The molecule has 3 aromatic carbocycles. The van der Waals surface area contributed by atoms with Gasteiger partial charge in [-0.2, -0.15) is 5.10 Å². The van der Waals surface area contributed by atoms with E-state index < -0.39 is 17.8 Å². The monoisotopic (exact) mass is 435 g/mol. The van der Waals surface area contributed by atoms with Crippen molar-refractivity contribution in [3.63, 3.8) is 0 Å². The van der Waals surface area contributed by atoms with E-state index in [4.69, 9.17) is 16.3 Å². The van der Waals surface area contributed by atoms with Crippen LogP contribution in [-0.4, -0.2) is 24.0 Å². The third-order valence-electron chi connectivity index (χ3n) is 4.05. The van der Waals surface area contributed by atoms with Gasteiger partial charge in [0.05, 0.1) is 11.8 Å². The molecule has 0 aromatic heterocycles. The summed E-state index contributed by atoms with van der Waals surface area (Å²) >= 11 is 5.87. The van der Waals surface area contributed by atoms with Gasteiger partial charge in [-0.1, -0.05) is 35.4 Å². The maximum absolute atomic E-state index is 12.1. The van der Waals surface area contributed by atoms with E-state index in [0.717, 1.165) is 5.56 Å². The minimum atomic E-state index is -0.899. The Bertz CT molecular complexity index is 1130. The second-order valence-corrected chi connectivity index (χ2v) is 6.92. The first kappa shape index (κ1) is 21.7. The minimum absolute atomic E-state index is 0.337. The van der Waals surface area contributed by atoms with Crippen LogP contribution in [0.5, 0.6) is 5.75 Å². The number of rotatable bonds is 5. The Morgan fingerprint density at radius 2 is 1.65 bits per heavy atom. The second-order valence-electron chi connectivity index (χ2n) is 6.49. The molecule has 0 bridgehead atoms. The van der Waals surface area contributed by atoms with Gasteiger partial charge in [-0.3, -0.25) is 9.59 Å². The summed E-state index contributed by atoms with van der Waals surface area (Å²) in [4.78, 5) is 35.8. The third-order valence-corrected chi connectivity index (χ3v) is 4.28. The molecule has 156 valence electrons. The van der Waals surface area contributed by atoms with Gasteiger partial charge in [0, 0.05) is 10.7 Å². The van der Waals surface area contributed by atoms with Crippen molar-refractivity contribution in [2.75, 3.05) is 5.32 Å². The Hall–Kier alpha value is -3.97. The fourth-order valence-corrected chi connectivity index (χ4v) is 2.63. The third kappa shape index (κ3) is 6.52. The fourth-order valence-electron chi connectivity index (χ4n) is 2.44. The number of hydrogen-bond donors (Lipinski definition) is 2. The number of hydrazone groups is 1. The number of aryl methyl sites for hydroxylation is 1. The summed E-state index contributed by atoms with van der Waals surface area (Å²) in [5, 5.41) is 6.68. The summed E-state index contributed by atoms with van der Waals surface area (Å²) in [5.41, 5.74) is 4.67. The van der Waals surface area contributed by atoms with E-state index in [0.29, 0.717) is 27.6 Å². The molecule has 7 nitrogen and oxygen atoms in total.